The predicted molar refractivity (Wildman–Crippen MR) is 79.9 cm³/mol. The normalized spacial score (nSPS) is 14.6. The number of aromatic nitrogens is 3. The molecule has 0 spiro atoms. The zero-order chi connectivity index (χ0) is 14.4. The molecule has 21 heavy (non-hydrogen) atoms. The van der Waals surface area contributed by atoms with E-state index in [4.69, 9.17) is 0 Å². The maximum Gasteiger partial charge on any atom is 0.234 e. The van der Waals surface area contributed by atoms with Crippen LogP contribution in [0.2, 0.25) is 0 Å². The summed E-state index contributed by atoms with van der Waals surface area (Å²) in [5.41, 5.74) is 3.18. The van der Waals surface area contributed by atoms with Gasteiger partial charge in [-0.3, -0.25) is 4.40 Å². The number of fused-ring (bicyclic) bond motifs is 1. The molecule has 1 saturated carbocycles. The molecule has 1 aliphatic rings. The van der Waals surface area contributed by atoms with Crippen molar-refractivity contribution in [2.24, 2.45) is 0 Å². The molecule has 2 heterocycles. The van der Waals surface area contributed by atoms with Crippen LogP contribution in [0, 0.1) is 5.82 Å². The van der Waals surface area contributed by atoms with E-state index in [0.717, 1.165) is 5.69 Å². The molecular weight excluding hydrogens is 267 g/mol. The Labute approximate surface area is 121 Å². The lowest BCUT2D eigenvalue weighted by atomic mass is 10.1. The van der Waals surface area contributed by atoms with Crippen LogP contribution in [0.1, 0.15) is 24.3 Å². The zero-order valence-electron chi connectivity index (χ0n) is 11.7. The highest BCUT2D eigenvalue weighted by molar-refractivity contribution is 5.67. The third-order valence-electron chi connectivity index (χ3n) is 3.91. The molecular formula is C16H15FN4. The molecule has 0 aliphatic heterocycles. The van der Waals surface area contributed by atoms with Gasteiger partial charge in [-0.15, -0.1) is 0 Å². The number of nitrogens with one attached hydrogen (secondary N) is 1. The summed E-state index contributed by atoms with van der Waals surface area (Å²) >= 11 is 0. The van der Waals surface area contributed by atoms with Gasteiger partial charge in [-0.2, -0.15) is 0 Å². The molecule has 4 rings (SSSR count). The number of anilines is 1. The lowest BCUT2D eigenvalue weighted by molar-refractivity contribution is 0.631. The van der Waals surface area contributed by atoms with Gasteiger partial charge in [-0.05, 0) is 42.5 Å². The number of imidazole rings is 1. The Morgan fingerprint density at radius 2 is 2.14 bits per heavy atom. The van der Waals surface area contributed by atoms with Crippen molar-refractivity contribution in [3.05, 3.63) is 48.2 Å². The second-order valence-electron chi connectivity index (χ2n) is 5.44. The quantitative estimate of drug-likeness (QED) is 0.800. The lowest BCUT2D eigenvalue weighted by Crippen LogP contribution is -1.91. The maximum atomic E-state index is 14.0. The summed E-state index contributed by atoms with van der Waals surface area (Å²) in [6.07, 6.45) is 8.23. The SMILES string of the molecule is CNc1ccc(F)c(-c2cn3cc(C4CC4)cnc3n2)c1. The van der Waals surface area contributed by atoms with Crippen molar-refractivity contribution in [3.8, 4) is 11.3 Å². The van der Waals surface area contributed by atoms with Gasteiger partial charge in [0.2, 0.25) is 5.78 Å². The summed E-state index contributed by atoms with van der Waals surface area (Å²) in [6, 6.07) is 4.92. The van der Waals surface area contributed by atoms with Crippen LogP contribution >= 0.6 is 0 Å². The van der Waals surface area contributed by atoms with Crippen LogP contribution in [0.15, 0.2) is 36.8 Å². The number of halogens is 1. The van der Waals surface area contributed by atoms with Crippen LogP contribution in [0.25, 0.3) is 17.0 Å². The summed E-state index contributed by atoms with van der Waals surface area (Å²) in [7, 11) is 1.81. The molecule has 106 valence electrons. The molecule has 1 N–H and O–H groups in total. The van der Waals surface area contributed by atoms with Crippen LogP contribution in [0.5, 0.6) is 0 Å². The predicted octanol–water partition coefficient (Wildman–Crippen LogP) is 3.45. The van der Waals surface area contributed by atoms with Crippen molar-refractivity contribution in [2.75, 3.05) is 12.4 Å². The molecule has 0 atom stereocenters. The second-order valence-corrected chi connectivity index (χ2v) is 5.44. The van der Waals surface area contributed by atoms with Crippen molar-refractivity contribution in [3.63, 3.8) is 0 Å². The van der Waals surface area contributed by atoms with Gasteiger partial charge < -0.3 is 5.32 Å². The van der Waals surface area contributed by atoms with Crippen LogP contribution in [0.4, 0.5) is 10.1 Å². The van der Waals surface area contributed by atoms with Crippen molar-refractivity contribution >= 4 is 11.5 Å². The molecule has 0 bridgehead atoms. The average molecular weight is 282 g/mol. The van der Waals surface area contributed by atoms with Gasteiger partial charge in [0.05, 0.1) is 5.69 Å². The zero-order valence-corrected chi connectivity index (χ0v) is 11.7. The minimum absolute atomic E-state index is 0.278. The summed E-state index contributed by atoms with van der Waals surface area (Å²) in [5, 5.41) is 3.01. The summed E-state index contributed by atoms with van der Waals surface area (Å²) in [4.78, 5) is 8.80. The smallest absolute Gasteiger partial charge is 0.234 e. The van der Waals surface area contributed by atoms with Crippen molar-refractivity contribution in [1.82, 2.24) is 14.4 Å². The summed E-state index contributed by atoms with van der Waals surface area (Å²) < 4.78 is 15.9. The Kier molecular flexibility index (Phi) is 2.67. The van der Waals surface area contributed by atoms with Crippen LogP contribution < -0.4 is 5.32 Å². The fourth-order valence-corrected chi connectivity index (χ4v) is 2.53. The molecule has 4 nitrogen and oxygen atoms in total. The van der Waals surface area contributed by atoms with E-state index in [1.807, 2.05) is 23.8 Å². The van der Waals surface area contributed by atoms with E-state index in [-0.39, 0.29) is 5.82 Å². The number of nitrogens with zero attached hydrogens (tertiary/aromatic N) is 3. The first-order valence-corrected chi connectivity index (χ1v) is 7.07. The lowest BCUT2D eigenvalue weighted by Gasteiger charge is -2.03. The maximum absolute atomic E-state index is 14.0. The number of hydrogen-bond acceptors (Lipinski definition) is 3. The third-order valence-corrected chi connectivity index (χ3v) is 3.91. The van der Waals surface area contributed by atoms with Crippen LogP contribution in [-0.4, -0.2) is 21.4 Å². The molecule has 0 saturated heterocycles. The second kappa shape index (κ2) is 4.55. The Morgan fingerprint density at radius 1 is 1.29 bits per heavy atom. The van der Waals surface area contributed by atoms with E-state index in [2.05, 4.69) is 21.5 Å². The molecule has 1 fully saturated rings. The van der Waals surface area contributed by atoms with Gasteiger partial charge in [0.25, 0.3) is 0 Å². The van der Waals surface area contributed by atoms with E-state index in [9.17, 15) is 4.39 Å². The minimum atomic E-state index is -0.278. The van der Waals surface area contributed by atoms with Crippen LogP contribution in [-0.2, 0) is 0 Å². The Bertz CT molecular complexity index is 820. The molecule has 5 heteroatoms. The standard InChI is InChI=1S/C16H15FN4/c1-18-12-4-5-14(17)13(6-12)15-9-21-8-11(10-2-3-10)7-19-16(21)20-15/h4-10,18H,2-3H2,1H3. The Morgan fingerprint density at radius 3 is 2.90 bits per heavy atom. The molecule has 0 amide bonds. The number of rotatable bonds is 3. The molecule has 3 aromatic rings. The first-order valence-electron chi connectivity index (χ1n) is 7.07. The molecule has 1 aliphatic carbocycles. The average Bonchev–Trinajstić information content (AvgIpc) is 3.26. The van der Waals surface area contributed by atoms with Gasteiger partial charge in [-0.1, -0.05) is 0 Å². The van der Waals surface area contributed by atoms with Crippen LogP contribution in [0.3, 0.4) is 0 Å². The first-order chi connectivity index (χ1) is 10.2. The third kappa shape index (κ3) is 2.14. The molecule has 0 radical (unpaired) electrons. The Hall–Kier alpha value is -2.43. The fraction of sp³-hybridized carbons (Fsp3) is 0.250. The molecule has 2 aromatic heterocycles. The van der Waals surface area contributed by atoms with E-state index >= 15 is 0 Å². The molecule has 0 unspecified atom stereocenters. The molecule has 1 aromatic carbocycles. The van der Waals surface area contributed by atoms with E-state index in [1.165, 1.54) is 24.5 Å². The van der Waals surface area contributed by atoms with E-state index in [1.54, 1.807) is 12.1 Å². The summed E-state index contributed by atoms with van der Waals surface area (Å²) in [5.74, 6) is 0.959. The number of benzene rings is 1. The van der Waals surface area contributed by atoms with Gasteiger partial charge in [0, 0.05) is 36.9 Å². The minimum Gasteiger partial charge on any atom is -0.388 e. The largest absolute Gasteiger partial charge is 0.388 e. The monoisotopic (exact) mass is 282 g/mol. The summed E-state index contributed by atoms with van der Waals surface area (Å²) in [6.45, 7) is 0. The first kappa shape index (κ1) is 12.3. The van der Waals surface area contributed by atoms with Crippen molar-refractivity contribution in [1.29, 1.82) is 0 Å². The van der Waals surface area contributed by atoms with E-state index in [0.29, 0.717) is 23.0 Å². The topological polar surface area (TPSA) is 42.2 Å². The highest BCUT2D eigenvalue weighted by Crippen LogP contribution is 2.39. The van der Waals surface area contributed by atoms with Crippen molar-refractivity contribution in [2.45, 2.75) is 18.8 Å². The van der Waals surface area contributed by atoms with Gasteiger partial charge >= 0.3 is 0 Å². The highest BCUT2D eigenvalue weighted by Gasteiger charge is 2.24. The van der Waals surface area contributed by atoms with Crippen molar-refractivity contribution < 1.29 is 4.39 Å². The number of hydrogen-bond donors (Lipinski definition) is 1. The van der Waals surface area contributed by atoms with Gasteiger partial charge in [0.1, 0.15) is 5.82 Å². The fourth-order valence-electron chi connectivity index (χ4n) is 2.53. The van der Waals surface area contributed by atoms with Gasteiger partial charge in [-0.25, -0.2) is 14.4 Å². The Balaban J connectivity index is 1.82. The van der Waals surface area contributed by atoms with Gasteiger partial charge in [0.15, 0.2) is 0 Å². The van der Waals surface area contributed by atoms with E-state index < -0.39 is 0 Å². The highest BCUT2D eigenvalue weighted by atomic mass is 19.1.